The molecule has 5 rings (SSSR count). The van der Waals surface area contributed by atoms with Gasteiger partial charge in [-0.3, -0.25) is 14.5 Å². The molecule has 4 heterocycles. The van der Waals surface area contributed by atoms with Gasteiger partial charge in [-0.2, -0.15) is 5.10 Å². The lowest BCUT2D eigenvalue weighted by molar-refractivity contribution is -0.122. The zero-order chi connectivity index (χ0) is 22.2. The molecule has 1 aliphatic rings. The van der Waals surface area contributed by atoms with Gasteiger partial charge < -0.3 is 14.4 Å². The van der Waals surface area contributed by atoms with E-state index < -0.39 is 0 Å². The Labute approximate surface area is 186 Å². The number of rotatable bonds is 6. The molecule has 0 saturated carbocycles. The third-order valence-electron chi connectivity index (χ3n) is 5.59. The van der Waals surface area contributed by atoms with E-state index in [1.807, 2.05) is 41.7 Å². The Morgan fingerprint density at radius 1 is 1.03 bits per heavy atom. The van der Waals surface area contributed by atoms with Crippen molar-refractivity contribution in [2.75, 3.05) is 13.2 Å². The van der Waals surface area contributed by atoms with E-state index in [-0.39, 0.29) is 12.5 Å². The van der Waals surface area contributed by atoms with Crippen molar-refractivity contribution in [2.45, 2.75) is 19.0 Å². The molecule has 3 aromatic heterocycles. The minimum atomic E-state index is -0.250. The lowest BCUT2D eigenvalue weighted by Gasteiger charge is -2.22. The van der Waals surface area contributed by atoms with Gasteiger partial charge >= 0.3 is 0 Å². The Kier molecular flexibility index (Phi) is 7.04. The van der Waals surface area contributed by atoms with Gasteiger partial charge in [0.15, 0.2) is 0 Å². The Morgan fingerprint density at radius 2 is 1.84 bits per heavy atom. The van der Waals surface area contributed by atoms with Gasteiger partial charge in [-0.25, -0.2) is 4.98 Å². The molecule has 8 nitrogen and oxygen atoms in total. The second kappa shape index (κ2) is 10.5. The van der Waals surface area contributed by atoms with Crippen LogP contribution in [-0.2, 0) is 22.5 Å². The van der Waals surface area contributed by atoms with Gasteiger partial charge in [-0.1, -0.05) is 24.3 Å². The van der Waals surface area contributed by atoms with E-state index in [1.54, 1.807) is 0 Å². The number of benzene rings is 1. The quantitative estimate of drug-likeness (QED) is 0.471. The Bertz CT molecular complexity index is 1110. The third kappa shape index (κ3) is 4.92. The number of carboxylic acid groups (broad SMARTS) is 1. The molecular formula is C24H25N5O3. The number of nitrogens with zero attached hydrogens (tertiary/aromatic N) is 5. The van der Waals surface area contributed by atoms with Crippen LogP contribution in [0.5, 0.6) is 0 Å². The molecule has 0 radical (unpaired) electrons. The van der Waals surface area contributed by atoms with Crippen molar-refractivity contribution < 1.29 is 14.6 Å². The summed E-state index contributed by atoms with van der Waals surface area (Å²) in [6, 6.07) is 14.8. The van der Waals surface area contributed by atoms with E-state index in [9.17, 15) is 0 Å². The summed E-state index contributed by atoms with van der Waals surface area (Å²) in [7, 11) is 0. The smallest absolute Gasteiger partial charge is 0.290 e. The zero-order valence-corrected chi connectivity index (χ0v) is 17.6. The second-order valence-corrected chi connectivity index (χ2v) is 7.55. The molecule has 0 spiro atoms. The van der Waals surface area contributed by atoms with E-state index >= 15 is 0 Å². The van der Waals surface area contributed by atoms with Crippen molar-refractivity contribution in [3.63, 3.8) is 0 Å². The van der Waals surface area contributed by atoms with Crippen LogP contribution in [0, 0.1) is 5.92 Å². The molecule has 1 N–H and O–H groups in total. The molecular weight excluding hydrogens is 406 g/mol. The molecule has 1 fully saturated rings. The molecule has 0 bridgehead atoms. The van der Waals surface area contributed by atoms with Crippen LogP contribution in [0.15, 0.2) is 79.6 Å². The predicted molar refractivity (Wildman–Crippen MR) is 119 cm³/mol. The summed E-state index contributed by atoms with van der Waals surface area (Å²) < 4.78 is 10.1. The molecule has 2 atom stereocenters. The number of pyridine rings is 1. The van der Waals surface area contributed by atoms with Crippen LogP contribution in [-0.4, -0.2) is 49.1 Å². The van der Waals surface area contributed by atoms with Gasteiger partial charge in [-0.15, -0.1) is 0 Å². The first-order valence-electron chi connectivity index (χ1n) is 10.4. The molecule has 4 aromatic rings. The summed E-state index contributed by atoms with van der Waals surface area (Å²) in [4.78, 5) is 17.2. The number of imidazole rings is 1. The van der Waals surface area contributed by atoms with E-state index in [1.165, 1.54) is 11.1 Å². The lowest BCUT2D eigenvalue weighted by Crippen LogP contribution is -2.20. The SMILES string of the molecule is O=CO.c1ccc(-c2nccn2[C@@H]2COC[C@@H]2Cc2ccncc2)c(Cn2cccn2)c1. The Morgan fingerprint density at radius 3 is 2.62 bits per heavy atom. The highest BCUT2D eigenvalue weighted by Crippen LogP contribution is 2.33. The van der Waals surface area contributed by atoms with Crippen molar-refractivity contribution in [3.8, 4) is 11.4 Å². The van der Waals surface area contributed by atoms with Crippen molar-refractivity contribution >= 4 is 6.47 Å². The minimum Gasteiger partial charge on any atom is -0.483 e. The van der Waals surface area contributed by atoms with Gasteiger partial charge in [0, 0.05) is 48.7 Å². The van der Waals surface area contributed by atoms with E-state index in [2.05, 4.69) is 57.2 Å². The van der Waals surface area contributed by atoms with Crippen LogP contribution in [0.25, 0.3) is 11.4 Å². The molecule has 0 aliphatic carbocycles. The van der Waals surface area contributed by atoms with Gasteiger partial charge in [0.1, 0.15) is 5.82 Å². The molecule has 8 heteroatoms. The summed E-state index contributed by atoms with van der Waals surface area (Å²) in [5.41, 5.74) is 3.64. The maximum atomic E-state index is 8.36. The van der Waals surface area contributed by atoms with Crippen LogP contribution >= 0.6 is 0 Å². The molecule has 1 aromatic carbocycles. The van der Waals surface area contributed by atoms with Crippen LogP contribution in [0.2, 0.25) is 0 Å². The molecule has 0 amide bonds. The summed E-state index contributed by atoms with van der Waals surface area (Å²) in [5, 5.41) is 11.2. The predicted octanol–water partition coefficient (Wildman–Crippen LogP) is 3.32. The fraction of sp³-hybridized carbons (Fsp3) is 0.250. The number of hydrogen-bond donors (Lipinski definition) is 1. The van der Waals surface area contributed by atoms with Crippen molar-refractivity contribution in [1.82, 2.24) is 24.3 Å². The summed E-state index contributed by atoms with van der Waals surface area (Å²) in [6.07, 6.45) is 12.4. The number of carbonyl (C=O) groups is 1. The van der Waals surface area contributed by atoms with Crippen LogP contribution in [0.4, 0.5) is 0 Å². The van der Waals surface area contributed by atoms with Crippen molar-refractivity contribution in [1.29, 1.82) is 0 Å². The zero-order valence-electron chi connectivity index (χ0n) is 17.6. The van der Waals surface area contributed by atoms with Gasteiger partial charge in [0.25, 0.3) is 6.47 Å². The van der Waals surface area contributed by atoms with Gasteiger partial charge in [0.05, 0.1) is 25.8 Å². The second-order valence-electron chi connectivity index (χ2n) is 7.55. The highest BCUT2D eigenvalue weighted by atomic mass is 16.5. The average molecular weight is 431 g/mol. The highest BCUT2D eigenvalue weighted by Gasteiger charge is 2.31. The average Bonchev–Trinajstić information content (AvgIpc) is 3.57. The largest absolute Gasteiger partial charge is 0.483 e. The fourth-order valence-electron chi connectivity index (χ4n) is 4.15. The van der Waals surface area contributed by atoms with E-state index in [0.717, 1.165) is 31.0 Å². The summed E-state index contributed by atoms with van der Waals surface area (Å²) in [5.74, 6) is 1.40. The minimum absolute atomic E-state index is 0.250. The summed E-state index contributed by atoms with van der Waals surface area (Å²) in [6.45, 7) is 1.94. The summed E-state index contributed by atoms with van der Waals surface area (Å²) >= 11 is 0. The monoisotopic (exact) mass is 431 g/mol. The molecule has 1 aliphatic heterocycles. The number of aromatic nitrogens is 5. The Balaban J connectivity index is 0.000000775. The van der Waals surface area contributed by atoms with E-state index in [4.69, 9.17) is 19.6 Å². The Hall–Kier alpha value is -3.78. The molecule has 0 unspecified atom stereocenters. The number of ether oxygens (including phenoxy) is 1. The van der Waals surface area contributed by atoms with Crippen LogP contribution in [0.1, 0.15) is 17.2 Å². The third-order valence-corrected chi connectivity index (χ3v) is 5.59. The van der Waals surface area contributed by atoms with Crippen LogP contribution in [0.3, 0.4) is 0 Å². The normalized spacial score (nSPS) is 17.5. The maximum Gasteiger partial charge on any atom is 0.290 e. The lowest BCUT2D eigenvalue weighted by atomic mass is 9.95. The van der Waals surface area contributed by atoms with Gasteiger partial charge in [-0.05, 0) is 35.7 Å². The van der Waals surface area contributed by atoms with Crippen molar-refractivity contribution in [2.24, 2.45) is 5.92 Å². The first-order valence-corrected chi connectivity index (χ1v) is 10.4. The highest BCUT2D eigenvalue weighted by molar-refractivity contribution is 5.61. The molecule has 164 valence electrons. The number of hydrogen-bond acceptors (Lipinski definition) is 5. The van der Waals surface area contributed by atoms with Crippen molar-refractivity contribution in [3.05, 3.63) is 90.8 Å². The standard InChI is InChI=1S/C23H23N5O.CH2O2/c1-2-5-21(19(4-1)15-27-12-3-8-26-27)23-25-11-13-28(23)22-17-29-16-20(22)14-18-6-9-24-10-7-18;2-1-3/h1-13,20,22H,14-17H2;1H,(H,2,3)/t20-,22+;/m0./s1. The molecule has 1 saturated heterocycles. The van der Waals surface area contributed by atoms with Gasteiger partial charge in [0.2, 0.25) is 0 Å². The molecule has 32 heavy (non-hydrogen) atoms. The first-order chi connectivity index (χ1) is 15.8. The topological polar surface area (TPSA) is 95.1 Å². The van der Waals surface area contributed by atoms with Crippen LogP contribution < -0.4 is 0 Å². The fourth-order valence-corrected chi connectivity index (χ4v) is 4.15. The first kappa shape index (κ1) is 21.5. The maximum absolute atomic E-state index is 8.36. The van der Waals surface area contributed by atoms with E-state index in [0.29, 0.717) is 12.5 Å².